The molecule has 0 aromatic carbocycles. The second-order valence-electron chi connectivity index (χ2n) is 4.24. The lowest BCUT2D eigenvalue weighted by atomic mass is 10.1. The van der Waals surface area contributed by atoms with Gasteiger partial charge in [0.15, 0.2) is 0 Å². The fourth-order valence-corrected chi connectivity index (χ4v) is 1.79. The van der Waals surface area contributed by atoms with Gasteiger partial charge < -0.3 is 29.2 Å². The summed E-state index contributed by atoms with van der Waals surface area (Å²) in [5.74, 6) is -0.0358. The summed E-state index contributed by atoms with van der Waals surface area (Å²) in [4.78, 5) is 11.7. The first-order valence-electron chi connectivity index (χ1n) is 6.23. The van der Waals surface area contributed by atoms with Gasteiger partial charge >= 0.3 is 5.97 Å². The summed E-state index contributed by atoms with van der Waals surface area (Å²) in [7, 11) is 1.32. The lowest BCUT2D eigenvalue weighted by Gasteiger charge is -2.22. The van der Waals surface area contributed by atoms with Crippen molar-refractivity contribution in [2.45, 2.75) is 32.2 Å². The summed E-state index contributed by atoms with van der Waals surface area (Å²) in [6.45, 7) is 2.88. The van der Waals surface area contributed by atoms with E-state index in [2.05, 4.69) is 0 Å². The van der Waals surface area contributed by atoms with Crippen LogP contribution in [-0.2, 0) is 9.47 Å². The minimum atomic E-state index is -1.38. The molecule has 0 fully saturated rings. The second-order valence-corrected chi connectivity index (χ2v) is 4.24. The zero-order valence-electron chi connectivity index (χ0n) is 11.7. The summed E-state index contributed by atoms with van der Waals surface area (Å²) < 4.78 is 15.3. The minimum Gasteiger partial charge on any atom is -0.463 e. The van der Waals surface area contributed by atoms with Crippen molar-refractivity contribution in [3.8, 4) is 0 Å². The molecule has 0 saturated carbocycles. The highest BCUT2D eigenvalue weighted by molar-refractivity contribution is 5.90. The second kappa shape index (κ2) is 7.39. The zero-order chi connectivity index (χ0) is 15.3. The molecular weight excluding hydrogens is 268 g/mol. The van der Waals surface area contributed by atoms with Crippen molar-refractivity contribution >= 4 is 5.97 Å². The average molecular weight is 288 g/mol. The first-order chi connectivity index (χ1) is 9.46. The van der Waals surface area contributed by atoms with Crippen molar-refractivity contribution < 1.29 is 34.0 Å². The number of furan rings is 1. The Balaban J connectivity index is 3.00. The number of hydrogen-bond donors (Lipinski definition) is 3. The molecule has 0 radical (unpaired) electrons. The molecule has 1 aromatic rings. The Morgan fingerprint density at radius 1 is 1.45 bits per heavy atom. The number of aliphatic hydroxyl groups excluding tert-OH is 3. The Labute approximate surface area is 116 Å². The van der Waals surface area contributed by atoms with Crippen molar-refractivity contribution in [1.82, 2.24) is 0 Å². The predicted molar refractivity (Wildman–Crippen MR) is 68.3 cm³/mol. The minimum absolute atomic E-state index is 0.174. The normalized spacial score (nSPS) is 15.7. The summed E-state index contributed by atoms with van der Waals surface area (Å²) in [6.07, 6.45) is -3.76. The molecule has 0 bridgehead atoms. The van der Waals surface area contributed by atoms with E-state index in [1.807, 2.05) is 0 Å². The number of aryl methyl sites for hydroxylation is 1. The molecule has 0 aliphatic rings. The maximum atomic E-state index is 11.7. The molecule has 7 nitrogen and oxygen atoms in total. The fourth-order valence-electron chi connectivity index (χ4n) is 1.79. The van der Waals surface area contributed by atoms with E-state index in [0.29, 0.717) is 5.76 Å². The number of esters is 1. The van der Waals surface area contributed by atoms with Gasteiger partial charge in [-0.3, -0.25) is 0 Å². The van der Waals surface area contributed by atoms with Crippen molar-refractivity contribution in [2.75, 3.05) is 20.3 Å². The van der Waals surface area contributed by atoms with E-state index in [0.717, 1.165) is 0 Å². The maximum absolute atomic E-state index is 11.7. The first-order valence-corrected chi connectivity index (χ1v) is 6.23. The smallest absolute Gasteiger partial charge is 0.341 e. The maximum Gasteiger partial charge on any atom is 0.341 e. The Morgan fingerprint density at radius 2 is 2.10 bits per heavy atom. The van der Waals surface area contributed by atoms with E-state index in [1.165, 1.54) is 13.2 Å². The van der Waals surface area contributed by atoms with Crippen LogP contribution in [0.1, 0.15) is 34.9 Å². The topological polar surface area (TPSA) is 109 Å². The number of hydrogen-bond acceptors (Lipinski definition) is 7. The van der Waals surface area contributed by atoms with Crippen molar-refractivity contribution in [2.24, 2.45) is 0 Å². The monoisotopic (exact) mass is 288 g/mol. The standard InChI is InChI=1S/C13H20O7/c1-4-19-13(17)8-5-10(20-7(8)2)12(18-3)11(16)9(15)6-14/h5,9,11-12,14-16H,4,6H2,1-3H3/t9-,11-,12-/m1/s1. The first kappa shape index (κ1) is 16.6. The van der Waals surface area contributed by atoms with Crippen LogP contribution < -0.4 is 0 Å². The Hall–Kier alpha value is -1.41. The largest absolute Gasteiger partial charge is 0.463 e. The van der Waals surface area contributed by atoms with Gasteiger partial charge in [0.1, 0.15) is 35.4 Å². The van der Waals surface area contributed by atoms with Crippen LogP contribution in [0.2, 0.25) is 0 Å². The van der Waals surface area contributed by atoms with Gasteiger partial charge in [0.05, 0.1) is 13.2 Å². The lowest BCUT2D eigenvalue weighted by molar-refractivity contribution is -0.0978. The van der Waals surface area contributed by atoms with Crippen molar-refractivity contribution in [1.29, 1.82) is 0 Å². The van der Waals surface area contributed by atoms with Gasteiger partial charge in [-0.15, -0.1) is 0 Å². The number of aliphatic hydroxyl groups is 3. The number of ether oxygens (including phenoxy) is 2. The average Bonchev–Trinajstić information content (AvgIpc) is 2.80. The Kier molecular flexibility index (Phi) is 6.15. The SMILES string of the molecule is CCOC(=O)c1cc([C@@H](OC)[C@H](O)[C@H](O)CO)oc1C. The fraction of sp³-hybridized carbons (Fsp3) is 0.615. The van der Waals surface area contributed by atoms with Gasteiger partial charge in [0.2, 0.25) is 0 Å². The number of rotatable bonds is 7. The van der Waals surface area contributed by atoms with E-state index in [-0.39, 0.29) is 17.9 Å². The highest BCUT2D eigenvalue weighted by atomic mass is 16.5. The molecule has 20 heavy (non-hydrogen) atoms. The summed E-state index contributed by atoms with van der Waals surface area (Å²) in [6, 6.07) is 1.40. The van der Waals surface area contributed by atoms with Gasteiger partial charge in [0, 0.05) is 7.11 Å². The molecule has 1 heterocycles. The molecule has 0 amide bonds. The van der Waals surface area contributed by atoms with Crippen LogP contribution in [0.25, 0.3) is 0 Å². The summed E-state index contributed by atoms with van der Waals surface area (Å²) >= 11 is 0. The summed E-state index contributed by atoms with van der Waals surface area (Å²) in [5.41, 5.74) is 0.231. The Morgan fingerprint density at radius 3 is 2.60 bits per heavy atom. The lowest BCUT2D eigenvalue weighted by Crippen LogP contribution is -2.35. The highest BCUT2D eigenvalue weighted by Gasteiger charge is 2.31. The zero-order valence-corrected chi connectivity index (χ0v) is 11.7. The molecule has 1 rings (SSSR count). The van der Waals surface area contributed by atoms with Crippen LogP contribution in [-0.4, -0.2) is 53.8 Å². The van der Waals surface area contributed by atoms with Crippen LogP contribution in [0.3, 0.4) is 0 Å². The molecule has 3 N–H and O–H groups in total. The Bertz CT molecular complexity index is 440. The van der Waals surface area contributed by atoms with Crippen LogP contribution in [0.5, 0.6) is 0 Å². The van der Waals surface area contributed by atoms with E-state index in [9.17, 15) is 15.0 Å². The molecule has 1 aromatic heterocycles. The third-order valence-corrected chi connectivity index (χ3v) is 2.86. The molecule has 7 heteroatoms. The molecular formula is C13H20O7. The van der Waals surface area contributed by atoms with Crippen LogP contribution in [0, 0.1) is 6.92 Å². The molecule has 0 spiro atoms. The molecule has 0 aliphatic carbocycles. The van der Waals surface area contributed by atoms with Crippen LogP contribution in [0.4, 0.5) is 0 Å². The predicted octanol–water partition coefficient (Wildman–Crippen LogP) is 0.166. The van der Waals surface area contributed by atoms with Gasteiger partial charge in [-0.2, -0.15) is 0 Å². The van der Waals surface area contributed by atoms with Crippen molar-refractivity contribution in [3.63, 3.8) is 0 Å². The molecule has 114 valence electrons. The quantitative estimate of drug-likeness (QED) is 0.613. The van der Waals surface area contributed by atoms with E-state index in [4.69, 9.17) is 19.0 Å². The van der Waals surface area contributed by atoms with E-state index < -0.39 is 30.9 Å². The molecule has 3 atom stereocenters. The number of methoxy groups -OCH3 is 1. The summed E-state index contributed by atoms with van der Waals surface area (Å²) in [5, 5.41) is 28.2. The number of carbonyl (C=O) groups is 1. The highest BCUT2D eigenvalue weighted by Crippen LogP contribution is 2.27. The molecule has 0 saturated heterocycles. The van der Waals surface area contributed by atoms with Gasteiger partial charge in [-0.25, -0.2) is 4.79 Å². The van der Waals surface area contributed by atoms with E-state index >= 15 is 0 Å². The van der Waals surface area contributed by atoms with Gasteiger partial charge in [-0.05, 0) is 19.9 Å². The third kappa shape index (κ3) is 3.57. The van der Waals surface area contributed by atoms with Gasteiger partial charge in [-0.1, -0.05) is 0 Å². The molecule has 0 unspecified atom stereocenters. The third-order valence-electron chi connectivity index (χ3n) is 2.86. The van der Waals surface area contributed by atoms with E-state index in [1.54, 1.807) is 13.8 Å². The van der Waals surface area contributed by atoms with Gasteiger partial charge in [0.25, 0.3) is 0 Å². The molecule has 0 aliphatic heterocycles. The number of carbonyl (C=O) groups excluding carboxylic acids is 1. The van der Waals surface area contributed by atoms with Crippen LogP contribution in [0.15, 0.2) is 10.5 Å². The van der Waals surface area contributed by atoms with Crippen LogP contribution >= 0.6 is 0 Å². The van der Waals surface area contributed by atoms with Crippen molar-refractivity contribution in [3.05, 3.63) is 23.2 Å².